The standard InChI is InChI=1S/C23H24BrN3O5/c1-13-19-20-15(5-7-18(31-10-8-29-2)22(20)32-11-9-30-3)21(25-23(19)27-26-13)14-4-6-17(28)16(24)12-14/h4-7,12,28H,8-11H2,1-3H3,(H,25,26,27). The van der Waals surface area contributed by atoms with Crippen LogP contribution >= 0.6 is 15.9 Å². The summed E-state index contributed by atoms with van der Waals surface area (Å²) < 4.78 is 23.1. The smallest absolute Gasteiger partial charge is 0.169 e. The lowest BCUT2D eigenvalue weighted by Gasteiger charge is -2.17. The number of H-pyrrole nitrogens is 1. The van der Waals surface area contributed by atoms with Crippen LogP contribution in [0.1, 0.15) is 5.69 Å². The minimum atomic E-state index is 0.161. The van der Waals surface area contributed by atoms with Crippen LogP contribution in [0.4, 0.5) is 0 Å². The van der Waals surface area contributed by atoms with Crippen molar-refractivity contribution in [2.24, 2.45) is 0 Å². The monoisotopic (exact) mass is 501 g/mol. The van der Waals surface area contributed by atoms with Crippen LogP contribution in [0.5, 0.6) is 17.2 Å². The normalized spacial score (nSPS) is 11.4. The Balaban J connectivity index is 2.00. The Labute approximate surface area is 193 Å². The van der Waals surface area contributed by atoms with Crippen LogP contribution in [0.25, 0.3) is 33.1 Å². The largest absolute Gasteiger partial charge is 0.507 e. The summed E-state index contributed by atoms with van der Waals surface area (Å²) in [6.45, 7) is 3.56. The number of hydrogen-bond acceptors (Lipinski definition) is 7. The molecule has 0 aliphatic heterocycles. The second-order valence-electron chi connectivity index (χ2n) is 7.16. The van der Waals surface area contributed by atoms with Gasteiger partial charge in [-0.05, 0) is 53.2 Å². The average molecular weight is 502 g/mol. The van der Waals surface area contributed by atoms with E-state index in [0.717, 1.165) is 33.1 Å². The highest BCUT2D eigenvalue weighted by Gasteiger charge is 2.21. The van der Waals surface area contributed by atoms with E-state index in [4.69, 9.17) is 23.9 Å². The van der Waals surface area contributed by atoms with Gasteiger partial charge >= 0.3 is 0 Å². The lowest BCUT2D eigenvalue weighted by atomic mass is 9.99. The molecule has 0 bridgehead atoms. The highest BCUT2D eigenvalue weighted by atomic mass is 79.9. The molecule has 0 atom stereocenters. The zero-order valence-electron chi connectivity index (χ0n) is 18.1. The Bertz CT molecular complexity index is 1260. The number of phenols is 1. The first kappa shape index (κ1) is 22.3. The molecule has 2 aromatic carbocycles. The number of pyridine rings is 1. The summed E-state index contributed by atoms with van der Waals surface area (Å²) in [6.07, 6.45) is 0. The molecule has 0 saturated carbocycles. The number of fused-ring (bicyclic) bond motifs is 3. The third-order valence-electron chi connectivity index (χ3n) is 5.08. The summed E-state index contributed by atoms with van der Waals surface area (Å²) in [5.41, 5.74) is 3.02. The molecule has 2 aromatic heterocycles. The number of nitrogens with zero attached hydrogens (tertiary/aromatic N) is 2. The van der Waals surface area contributed by atoms with Crippen LogP contribution in [-0.2, 0) is 9.47 Å². The first-order valence-electron chi connectivity index (χ1n) is 10.1. The van der Waals surface area contributed by atoms with Gasteiger partial charge in [0.2, 0.25) is 0 Å². The van der Waals surface area contributed by atoms with Gasteiger partial charge in [-0.1, -0.05) is 0 Å². The maximum atomic E-state index is 9.94. The molecule has 8 nitrogen and oxygen atoms in total. The third kappa shape index (κ3) is 4.23. The zero-order chi connectivity index (χ0) is 22.7. The van der Waals surface area contributed by atoms with Gasteiger partial charge in [-0.2, -0.15) is 5.10 Å². The molecule has 9 heteroatoms. The summed E-state index contributed by atoms with van der Waals surface area (Å²) in [5, 5.41) is 19.9. The van der Waals surface area contributed by atoms with Gasteiger partial charge in [0, 0.05) is 30.6 Å². The average Bonchev–Trinajstić information content (AvgIpc) is 3.16. The van der Waals surface area contributed by atoms with Gasteiger partial charge in [-0.15, -0.1) is 0 Å². The number of rotatable bonds is 9. The van der Waals surface area contributed by atoms with Gasteiger partial charge in [0.15, 0.2) is 17.1 Å². The Morgan fingerprint density at radius 1 is 0.969 bits per heavy atom. The summed E-state index contributed by atoms with van der Waals surface area (Å²) in [5.74, 6) is 1.37. The quantitative estimate of drug-likeness (QED) is 0.323. The highest BCUT2D eigenvalue weighted by molar-refractivity contribution is 9.10. The minimum Gasteiger partial charge on any atom is -0.507 e. The summed E-state index contributed by atoms with van der Waals surface area (Å²) in [4.78, 5) is 4.85. The Morgan fingerprint density at radius 3 is 2.44 bits per heavy atom. The number of hydrogen-bond donors (Lipinski definition) is 2. The number of aromatic hydroxyl groups is 1. The number of nitrogens with one attached hydrogen (secondary N) is 1. The van der Waals surface area contributed by atoms with Crippen LogP contribution in [0.2, 0.25) is 0 Å². The van der Waals surface area contributed by atoms with Crippen LogP contribution in [0.15, 0.2) is 34.8 Å². The minimum absolute atomic E-state index is 0.161. The zero-order valence-corrected chi connectivity index (χ0v) is 19.7. The Hall–Kier alpha value is -2.88. The molecule has 0 aliphatic carbocycles. The predicted octanol–water partition coefficient (Wildman–Crippen LogP) is 4.61. The van der Waals surface area contributed by atoms with Crippen molar-refractivity contribution in [2.45, 2.75) is 6.92 Å². The number of ether oxygens (including phenoxy) is 4. The van der Waals surface area contributed by atoms with Crippen molar-refractivity contribution in [1.82, 2.24) is 15.2 Å². The van der Waals surface area contributed by atoms with Crippen LogP contribution in [0, 0.1) is 6.92 Å². The molecule has 0 spiro atoms. The van der Waals surface area contributed by atoms with E-state index in [1.807, 2.05) is 31.2 Å². The first-order valence-corrected chi connectivity index (χ1v) is 10.9. The second-order valence-corrected chi connectivity index (χ2v) is 8.01. The summed E-state index contributed by atoms with van der Waals surface area (Å²) in [6, 6.07) is 9.14. The van der Waals surface area contributed by atoms with E-state index in [-0.39, 0.29) is 5.75 Å². The van der Waals surface area contributed by atoms with Crippen LogP contribution in [0.3, 0.4) is 0 Å². The van der Waals surface area contributed by atoms with E-state index in [2.05, 4.69) is 26.1 Å². The molecule has 0 fully saturated rings. The maximum Gasteiger partial charge on any atom is 0.169 e. The molecule has 0 amide bonds. The molecular formula is C23H24BrN3O5. The molecule has 0 unspecified atom stereocenters. The molecule has 2 N–H and O–H groups in total. The van der Waals surface area contributed by atoms with Gasteiger partial charge in [-0.25, -0.2) is 4.98 Å². The molecule has 4 aromatic rings. The van der Waals surface area contributed by atoms with Gasteiger partial charge in [0.1, 0.15) is 19.0 Å². The number of aromatic nitrogens is 3. The molecule has 0 aliphatic rings. The molecule has 32 heavy (non-hydrogen) atoms. The summed E-state index contributed by atoms with van der Waals surface area (Å²) >= 11 is 3.40. The molecule has 0 radical (unpaired) electrons. The van der Waals surface area contributed by atoms with E-state index in [1.165, 1.54) is 0 Å². The fourth-order valence-electron chi connectivity index (χ4n) is 3.57. The van der Waals surface area contributed by atoms with Gasteiger partial charge in [-0.3, -0.25) is 5.10 Å². The van der Waals surface area contributed by atoms with E-state index in [0.29, 0.717) is 48.0 Å². The van der Waals surface area contributed by atoms with Crippen molar-refractivity contribution in [1.29, 1.82) is 0 Å². The molecule has 0 saturated heterocycles. The summed E-state index contributed by atoms with van der Waals surface area (Å²) in [7, 11) is 3.26. The number of aromatic amines is 1. The lowest BCUT2D eigenvalue weighted by molar-refractivity contribution is 0.133. The Kier molecular flexibility index (Phi) is 6.78. The third-order valence-corrected chi connectivity index (χ3v) is 5.71. The Morgan fingerprint density at radius 2 is 1.72 bits per heavy atom. The second kappa shape index (κ2) is 9.72. The fourth-order valence-corrected chi connectivity index (χ4v) is 3.95. The molecular weight excluding hydrogens is 478 g/mol. The molecule has 2 heterocycles. The lowest BCUT2D eigenvalue weighted by Crippen LogP contribution is -2.09. The van der Waals surface area contributed by atoms with Crippen molar-refractivity contribution in [3.63, 3.8) is 0 Å². The van der Waals surface area contributed by atoms with Gasteiger partial charge < -0.3 is 24.1 Å². The van der Waals surface area contributed by atoms with Gasteiger partial charge in [0.05, 0.1) is 34.5 Å². The van der Waals surface area contributed by atoms with E-state index >= 15 is 0 Å². The maximum absolute atomic E-state index is 9.94. The first-order chi connectivity index (χ1) is 15.5. The topological polar surface area (TPSA) is 98.7 Å². The van der Waals surface area contributed by atoms with Crippen molar-refractivity contribution >= 4 is 37.7 Å². The highest BCUT2D eigenvalue weighted by Crippen LogP contribution is 2.44. The fraction of sp³-hybridized carbons (Fsp3) is 0.304. The van der Waals surface area contributed by atoms with E-state index < -0.39 is 0 Å². The molecule has 4 rings (SSSR count). The SMILES string of the molecule is COCCOc1ccc2c(-c3ccc(O)c(Br)c3)nc3[nH]nc(C)c3c2c1OCCOC. The van der Waals surface area contributed by atoms with E-state index in [9.17, 15) is 5.11 Å². The number of phenolic OH excluding ortho intramolecular Hbond substituents is 1. The van der Waals surface area contributed by atoms with Crippen LogP contribution < -0.4 is 9.47 Å². The van der Waals surface area contributed by atoms with Crippen molar-refractivity contribution in [2.75, 3.05) is 40.6 Å². The van der Waals surface area contributed by atoms with Gasteiger partial charge in [0.25, 0.3) is 0 Å². The number of aryl methyl sites for hydroxylation is 1. The number of halogens is 1. The van der Waals surface area contributed by atoms with Crippen molar-refractivity contribution in [3.05, 3.63) is 40.5 Å². The number of methoxy groups -OCH3 is 2. The number of benzene rings is 2. The predicted molar refractivity (Wildman–Crippen MR) is 126 cm³/mol. The molecule has 168 valence electrons. The van der Waals surface area contributed by atoms with Crippen LogP contribution in [-0.4, -0.2) is 60.9 Å². The van der Waals surface area contributed by atoms with E-state index in [1.54, 1.807) is 20.3 Å². The van der Waals surface area contributed by atoms with Crippen molar-refractivity contribution in [3.8, 4) is 28.5 Å². The van der Waals surface area contributed by atoms with Crippen molar-refractivity contribution < 1.29 is 24.1 Å².